The summed E-state index contributed by atoms with van der Waals surface area (Å²) in [6, 6.07) is 9.12. The number of nitrogens with zero attached hydrogens (tertiary/aromatic N) is 1. The van der Waals surface area contributed by atoms with Crippen molar-refractivity contribution in [3.05, 3.63) is 35.9 Å². The number of benzene rings is 1. The van der Waals surface area contributed by atoms with E-state index in [4.69, 9.17) is 4.74 Å². The van der Waals surface area contributed by atoms with Crippen LogP contribution in [-0.4, -0.2) is 49.1 Å². The van der Waals surface area contributed by atoms with Crippen molar-refractivity contribution in [2.24, 2.45) is 5.92 Å². The highest BCUT2D eigenvalue weighted by Crippen LogP contribution is 2.10. The first-order chi connectivity index (χ1) is 11.1. The number of morpholine rings is 1. The molecule has 23 heavy (non-hydrogen) atoms. The van der Waals surface area contributed by atoms with E-state index in [0.717, 1.165) is 5.56 Å². The highest BCUT2D eigenvalue weighted by atomic mass is 16.5. The lowest BCUT2D eigenvalue weighted by atomic mass is 10.0. The lowest BCUT2D eigenvalue weighted by Crippen LogP contribution is -2.52. The standard InChI is InChI=1S/C18H26N2O3/c1-14(2)12-16(18(22)20-8-10-23-11-9-20)19-17(21)13-15-6-4-3-5-7-15/h3-7,14,16H,8-13H2,1-2H3,(H,19,21)/t16-/m0/s1. The summed E-state index contributed by atoms with van der Waals surface area (Å²) >= 11 is 0. The highest BCUT2D eigenvalue weighted by Gasteiger charge is 2.27. The van der Waals surface area contributed by atoms with Crippen molar-refractivity contribution in [2.75, 3.05) is 26.3 Å². The highest BCUT2D eigenvalue weighted by molar-refractivity contribution is 5.88. The van der Waals surface area contributed by atoms with E-state index in [0.29, 0.717) is 45.1 Å². The second kappa shape index (κ2) is 8.67. The van der Waals surface area contributed by atoms with Gasteiger partial charge in [0.25, 0.3) is 0 Å². The number of amides is 2. The number of ether oxygens (including phenoxy) is 1. The summed E-state index contributed by atoms with van der Waals surface area (Å²) in [6.45, 7) is 6.45. The van der Waals surface area contributed by atoms with Crippen molar-refractivity contribution in [1.29, 1.82) is 0 Å². The second-order valence-electron chi connectivity index (χ2n) is 6.35. The molecule has 0 radical (unpaired) electrons. The van der Waals surface area contributed by atoms with Gasteiger partial charge in [0.2, 0.25) is 11.8 Å². The Morgan fingerprint density at radius 1 is 1.17 bits per heavy atom. The van der Waals surface area contributed by atoms with Gasteiger partial charge in [0, 0.05) is 13.1 Å². The Kier molecular flexibility index (Phi) is 6.59. The summed E-state index contributed by atoms with van der Waals surface area (Å²) in [6.07, 6.45) is 0.947. The Morgan fingerprint density at radius 2 is 1.83 bits per heavy atom. The van der Waals surface area contributed by atoms with Crippen LogP contribution in [0.3, 0.4) is 0 Å². The molecule has 0 unspecified atom stereocenters. The van der Waals surface area contributed by atoms with Gasteiger partial charge in [-0.1, -0.05) is 44.2 Å². The van der Waals surface area contributed by atoms with Gasteiger partial charge in [0.05, 0.1) is 19.6 Å². The zero-order valence-electron chi connectivity index (χ0n) is 14.0. The van der Waals surface area contributed by atoms with Crippen LogP contribution < -0.4 is 5.32 Å². The van der Waals surface area contributed by atoms with E-state index in [9.17, 15) is 9.59 Å². The van der Waals surface area contributed by atoms with Crippen molar-refractivity contribution >= 4 is 11.8 Å². The van der Waals surface area contributed by atoms with Crippen molar-refractivity contribution in [3.63, 3.8) is 0 Å². The van der Waals surface area contributed by atoms with Gasteiger partial charge < -0.3 is 15.0 Å². The summed E-state index contributed by atoms with van der Waals surface area (Å²) in [5, 5.41) is 2.92. The molecule has 1 heterocycles. The van der Waals surface area contributed by atoms with Crippen LogP contribution in [0.1, 0.15) is 25.8 Å². The van der Waals surface area contributed by atoms with E-state index in [2.05, 4.69) is 19.2 Å². The quantitative estimate of drug-likeness (QED) is 0.867. The van der Waals surface area contributed by atoms with Crippen LogP contribution in [0.25, 0.3) is 0 Å². The topological polar surface area (TPSA) is 58.6 Å². The molecule has 1 aromatic carbocycles. The van der Waals surface area contributed by atoms with E-state index >= 15 is 0 Å². The molecule has 126 valence electrons. The predicted molar refractivity (Wildman–Crippen MR) is 88.9 cm³/mol. The van der Waals surface area contributed by atoms with Gasteiger partial charge in [-0.25, -0.2) is 0 Å². The first kappa shape index (κ1) is 17.5. The minimum Gasteiger partial charge on any atom is -0.378 e. The van der Waals surface area contributed by atoms with E-state index in [-0.39, 0.29) is 11.8 Å². The van der Waals surface area contributed by atoms with Gasteiger partial charge in [-0.05, 0) is 17.9 Å². The minimum absolute atomic E-state index is 0.00316. The lowest BCUT2D eigenvalue weighted by molar-refractivity contribution is -0.140. The SMILES string of the molecule is CC(C)C[C@H](NC(=O)Cc1ccccc1)C(=O)N1CCOCC1. The first-order valence-corrected chi connectivity index (χ1v) is 8.26. The number of nitrogens with one attached hydrogen (secondary N) is 1. The minimum atomic E-state index is -0.454. The summed E-state index contributed by atoms with van der Waals surface area (Å²) < 4.78 is 5.29. The third kappa shape index (κ3) is 5.67. The van der Waals surface area contributed by atoms with Gasteiger partial charge in [-0.2, -0.15) is 0 Å². The van der Waals surface area contributed by atoms with Crippen LogP contribution in [0.5, 0.6) is 0 Å². The van der Waals surface area contributed by atoms with Crippen molar-refractivity contribution in [1.82, 2.24) is 10.2 Å². The number of carbonyl (C=O) groups is 2. The molecule has 1 aromatic rings. The third-order valence-electron chi connectivity index (χ3n) is 3.87. The van der Waals surface area contributed by atoms with Crippen LogP contribution >= 0.6 is 0 Å². The van der Waals surface area contributed by atoms with Crippen LogP contribution in [0.15, 0.2) is 30.3 Å². The Balaban J connectivity index is 1.96. The smallest absolute Gasteiger partial charge is 0.245 e. The first-order valence-electron chi connectivity index (χ1n) is 8.26. The molecule has 1 aliphatic heterocycles. The molecule has 0 aromatic heterocycles. The normalized spacial score (nSPS) is 16.2. The number of carbonyl (C=O) groups excluding carboxylic acids is 2. The average Bonchev–Trinajstić information content (AvgIpc) is 2.55. The molecule has 2 rings (SSSR count). The molecule has 5 nitrogen and oxygen atoms in total. The molecule has 5 heteroatoms. The molecule has 0 bridgehead atoms. The third-order valence-corrected chi connectivity index (χ3v) is 3.87. The number of hydrogen-bond donors (Lipinski definition) is 1. The van der Waals surface area contributed by atoms with E-state index in [1.54, 1.807) is 4.90 Å². The van der Waals surface area contributed by atoms with Crippen molar-refractivity contribution < 1.29 is 14.3 Å². The Bertz CT molecular complexity index is 510. The molecule has 0 aliphatic carbocycles. The van der Waals surface area contributed by atoms with Crippen LogP contribution in [-0.2, 0) is 20.7 Å². The maximum Gasteiger partial charge on any atom is 0.245 e. The summed E-state index contributed by atoms with van der Waals surface area (Å²) in [7, 11) is 0. The van der Waals surface area contributed by atoms with Crippen molar-refractivity contribution in [3.8, 4) is 0 Å². The number of hydrogen-bond acceptors (Lipinski definition) is 3. The Labute approximate surface area is 138 Å². The molecular weight excluding hydrogens is 292 g/mol. The van der Waals surface area contributed by atoms with E-state index in [1.807, 2.05) is 30.3 Å². The largest absolute Gasteiger partial charge is 0.378 e. The molecule has 1 atom stereocenters. The van der Waals surface area contributed by atoms with Crippen LogP contribution in [0, 0.1) is 5.92 Å². The maximum atomic E-state index is 12.7. The van der Waals surface area contributed by atoms with Gasteiger partial charge in [0.15, 0.2) is 0 Å². The molecule has 1 aliphatic rings. The van der Waals surface area contributed by atoms with Gasteiger partial charge >= 0.3 is 0 Å². The summed E-state index contributed by atoms with van der Waals surface area (Å²) in [4.78, 5) is 26.8. The van der Waals surface area contributed by atoms with E-state index < -0.39 is 6.04 Å². The molecular formula is C18H26N2O3. The van der Waals surface area contributed by atoms with Crippen LogP contribution in [0.2, 0.25) is 0 Å². The maximum absolute atomic E-state index is 12.7. The predicted octanol–water partition coefficient (Wildman–Crippen LogP) is 1.62. The van der Waals surface area contributed by atoms with Gasteiger partial charge in [-0.3, -0.25) is 9.59 Å². The lowest BCUT2D eigenvalue weighted by Gasteiger charge is -2.31. The van der Waals surface area contributed by atoms with E-state index in [1.165, 1.54) is 0 Å². The van der Waals surface area contributed by atoms with Crippen molar-refractivity contribution in [2.45, 2.75) is 32.7 Å². The fourth-order valence-corrected chi connectivity index (χ4v) is 2.72. The average molecular weight is 318 g/mol. The van der Waals surface area contributed by atoms with Crippen LogP contribution in [0.4, 0.5) is 0 Å². The molecule has 2 amide bonds. The number of rotatable bonds is 6. The summed E-state index contributed by atoms with van der Waals surface area (Å²) in [5.41, 5.74) is 0.951. The van der Waals surface area contributed by atoms with Gasteiger partial charge in [0.1, 0.15) is 6.04 Å². The zero-order valence-corrected chi connectivity index (χ0v) is 14.0. The second-order valence-corrected chi connectivity index (χ2v) is 6.35. The fraction of sp³-hybridized carbons (Fsp3) is 0.556. The Hall–Kier alpha value is -1.88. The monoisotopic (exact) mass is 318 g/mol. The molecule has 1 saturated heterocycles. The van der Waals surface area contributed by atoms with Gasteiger partial charge in [-0.15, -0.1) is 0 Å². The fourth-order valence-electron chi connectivity index (χ4n) is 2.72. The molecule has 1 fully saturated rings. The summed E-state index contributed by atoms with van der Waals surface area (Å²) in [5.74, 6) is 0.230. The zero-order chi connectivity index (χ0) is 16.7. The molecule has 0 saturated carbocycles. The molecule has 0 spiro atoms. The molecule has 1 N–H and O–H groups in total. The Morgan fingerprint density at radius 3 is 2.43 bits per heavy atom.